The van der Waals surface area contributed by atoms with Crippen LogP contribution in [0.15, 0.2) is 9.59 Å². The molecule has 1 aliphatic carbocycles. The summed E-state index contributed by atoms with van der Waals surface area (Å²) in [5, 5.41) is 0. The zero-order valence-electron chi connectivity index (χ0n) is 14.1. The fraction of sp³-hybridized carbons (Fsp3) is 0.667. The maximum atomic E-state index is 12.7. The van der Waals surface area contributed by atoms with E-state index < -0.39 is 11.2 Å². The molecule has 0 aromatic carbocycles. The Kier molecular flexibility index (Phi) is 5.82. The maximum Gasteiger partial charge on any atom is 0.332 e. The number of halogens is 1. The lowest BCUT2D eigenvalue weighted by molar-refractivity contribution is -0.906. The molecule has 1 aromatic heterocycles. The molecule has 0 spiro atoms. The summed E-state index contributed by atoms with van der Waals surface area (Å²) in [7, 11) is 6.84. The van der Waals surface area contributed by atoms with Crippen molar-refractivity contribution in [3.8, 4) is 0 Å². The number of nitrogen functional groups attached to an aromatic ring is 1. The van der Waals surface area contributed by atoms with Crippen molar-refractivity contribution in [1.82, 2.24) is 9.13 Å². The van der Waals surface area contributed by atoms with Crippen LogP contribution in [0.5, 0.6) is 0 Å². The molecule has 23 heavy (non-hydrogen) atoms. The molecule has 0 radical (unpaired) electrons. The first-order valence-electron chi connectivity index (χ1n) is 7.58. The Hall–Kier alpha value is -1.60. The topological polar surface area (TPSA) is 87.1 Å². The van der Waals surface area contributed by atoms with Gasteiger partial charge in [-0.05, 0) is 25.7 Å². The quantitative estimate of drug-likeness (QED) is 0.462. The number of hydrogen-bond acceptors (Lipinski definition) is 4. The summed E-state index contributed by atoms with van der Waals surface area (Å²) < 4.78 is 2.62. The zero-order valence-corrected chi connectivity index (χ0v) is 14.9. The van der Waals surface area contributed by atoms with E-state index in [1.54, 1.807) is 0 Å². The minimum absolute atomic E-state index is 0. The van der Waals surface area contributed by atoms with Crippen LogP contribution in [0.4, 0.5) is 5.82 Å². The van der Waals surface area contributed by atoms with Crippen LogP contribution in [0.25, 0.3) is 0 Å². The number of carbonyl (C=O) groups is 1. The third-order valence-corrected chi connectivity index (χ3v) is 4.85. The molecule has 8 heteroatoms. The number of ketones is 1. The molecule has 0 atom stereocenters. The molecular weight excluding hydrogens is 320 g/mol. The second-order valence-corrected chi connectivity index (χ2v) is 6.76. The lowest BCUT2D eigenvalue weighted by atomic mass is 10.1. The second kappa shape index (κ2) is 6.88. The van der Waals surface area contributed by atoms with E-state index >= 15 is 0 Å². The number of quaternary nitrogens is 1. The highest BCUT2D eigenvalue weighted by atomic mass is 35.5. The number of nitrogens with zero attached hydrogens (tertiary/aromatic N) is 3. The van der Waals surface area contributed by atoms with E-state index in [9.17, 15) is 14.4 Å². The van der Waals surface area contributed by atoms with Crippen molar-refractivity contribution >= 4 is 11.6 Å². The van der Waals surface area contributed by atoms with Crippen LogP contribution in [0.2, 0.25) is 0 Å². The monoisotopic (exact) mass is 344 g/mol. The Morgan fingerprint density at radius 3 is 2.22 bits per heavy atom. The molecule has 0 saturated heterocycles. The van der Waals surface area contributed by atoms with Crippen LogP contribution in [-0.4, -0.2) is 46.1 Å². The zero-order chi connectivity index (χ0) is 16.7. The van der Waals surface area contributed by atoms with Gasteiger partial charge in [0.1, 0.15) is 17.9 Å². The molecule has 0 aliphatic heterocycles. The van der Waals surface area contributed by atoms with Crippen molar-refractivity contribution in [2.75, 3.05) is 26.4 Å². The number of anilines is 1. The van der Waals surface area contributed by atoms with Crippen LogP contribution >= 0.6 is 0 Å². The van der Waals surface area contributed by atoms with E-state index in [1.807, 2.05) is 14.1 Å². The van der Waals surface area contributed by atoms with Crippen LogP contribution in [0, 0.1) is 0 Å². The molecule has 1 aromatic rings. The highest BCUT2D eigenvalue weighted by Crippen LogP contribution is 2.27. The molecule has 1 fully saturated rings. The minimum atomic E-state index is -0.614. The standard InChI is InChI=1S/C15H24N4O3.ClH/c1-17-13(16)12(14(21)18(2)15(17)22)11(20)9-19(3,4)10-7-5-6-8-10;/h10H,5-9H2,1-4H3,(H-,16,20,21);1H. The first-order valence-corrected chi connectivity index (χ1v) is 7.58. The Labute approximate surface area is 141 Å². The lowest BCUT2D eigenvalue weighted by Crippen LogP contribution is -3.00. The Balaban J connectivity index is 0.00000264. The van der Waals surface area contributed by atoms with Crippen LogP contribution in [0.1, 0.15) is 36.0 Å². The Morgan fingerprint density at radius 2 is 1.70 bits per heavy atom. The molecule has 2 rings (SSSR count). The summed E-state index contributed by atoms with van der Waals surface area (Å²) in [6.45, 7) is 0.211. The van der Waals surface area contributed by atoms with Crippen molar-refractivity contribution in [3.63, 3.8) is 0 Å². The van der Waals surface area contributed by atoms with Gasteiger partial charge in [0.05, 0.1) is 20.1 Å². The summed E-state index contributed by atoms with van der Waals surface area (Å²) in [6.07, 6.45) is 4.57. The number of hydrogen-bond donors (Lipinski definition) is 1. The largest absolute Gasteiger partial charge is 1.00 e. The van der Waals surface area contributed by atoms with Gasteiger partial charge in [-0.1, -0.05) is 0 Å². The van der Waals surface area contributed by atoms with Gasteiger partial charge >= 0.3 is 5.69 Å². The first kappa shape index (κ1) is 19.4. The van der Waals surface area contributed by atoms with E-state index in [0.717, 1.165) is 22.0 Å². The number of nitrogens with two attached hydrogens (primary N) is 1. The van der Waals surface area contributed by atoms with Crippen LogP contribution in [0.3, 0.4) is 0 Å². The van der Waals surface area contributed by atoms with Crippen molar-refractivity contribution < 1.29 is 21.7 Å². The van der Waals surface area contributed by atoms with Crippen LogP contribution < -0.4 is 29.4 Å². The molecule has 1 aliphatic rings. The van der Waals surface area contributed by atoms with Gasteiger partial charge in [0.25, 0.3) is 5.56 Å². The van der Waals surface area contributed by atoms with E-state index in [4.69, 9.17) is 5.73 Å². The van der Waals surface area contributed by atoms with Crippen LogP contribution in [-0.2, 0) is 14.1 Å². The van der Waals surface area contributed by atoms with Crippen molar-refractivity contribution in [3.05, 3.63) is 26.4 Å². The first-order chi connectivity index (χ1) is 10.2. The predicted octanol–water partition coefficient (Wildman–Crippen LogP) is -3.13. The summed E-state index contributed by atoms with van der Waals surface area (Å²) in [4.78, 5) is 36.7. The molecule has 7 nitrogen and oxygen atoms in total. The molecule has 0 bridgehead atoms. The number of Topliss-reactive ketones (excluding diaryl/α,β-unsaturated/α-hetero) is 1. The van der Waals surface area contributed by atoms with Crippen molar-refractivity contribution in [2.45, 2.75) is 31.7 Å². The minimum Gasteiger partial charge on any atom is -1.00 e. The molecule has 0 amide bonds. The lowest BCUT2D eigenvalue weighted by Gasteiger charge is -2.35. The average molecular weight is 345 g/mol. The van der Waals surface area contributed by atoms with Gasteiger partial charge < -0.3 is 22.6 Å². The number of carbonyl (C=O) groups excluding carboxylic acids is 1. The number of likely N-dealkylation sites (N-methyl/N-ethyl adjacent to an activating group) is 1. The molecule has 1 saturated carbocycles. The van der Waals surface area contributed by atoms with Crippen molar-refractivity contribution in [1.29, 1.82) is 0 Å². The van der Waals surface area contributed by atoms with Gasteiger partial charge in [-0.25, -0.2) is 4.79 Å². The Bertz CT molecular complexity index is 715. The smallest absolute Gasteiger partial charge is 0.332 e. The summed E-state index contributed by atoms with van der Waals surface area (Å²) in [5.74, 6) is -0.352. The number of aromatic nitrogens is 2. The van der Waals surface area contributed by atoms with Gasteiger partial charge in [0, 0.05) is 14.1 Å². The number of rotatable bonds is 4. The summed E-state index contributed by atoms with van der Waals surface area (Å²) >= 11 is 0. The summed E-state index contributed by atoms with van der Waals surface area (Å²) in [5.41, 5.74) is 4.63. The van der Waals surface area contributed by atoms with Gasteiger partial charge in [-0.15, -0.1) is 0 Å². The van der Waals surface area contributed by atoms with Gasteiger partial charge in [0.2, 0.25) is 5.78 Å². The molecule has 1 heterocycles. The molecule has 0 unspecified atom stereocenters. The maximum absolute atomic E-state index is 12.7. The second-order valence-electron chi connectivity index (χ2n) is 6.76. The van der Waals surface area contributed by atoms with Gasteiger partial charge in [-0.3, -0.25) is 18.7 Å². The highest BCUT2D eigenvalue weighted by Gasteiger charge is 2.35. The van der Waals surface area contributed by atoms with E-state index in [-0.39, 0.29) is 36.1 Å². The van der Waals surface area contributed by atoms with E-state index in [2.05, 4.69) is 0 Å². The summed E-state index contributed by atoms with van der Waals surface area (Å²) in [6, 6.07) is 0.432. The molecular formula is C15H25ClN4O3. The van der Waals surface area contributed by atoms with Gasteiger partial charge in [-0.2, -0.15) is 0 Å². The SMILES string of the molecule is Cn1c(N)c(C(=O)C[N+](C)(C)C2CCCC2)c(=O)n(C)c1=O.[Cl-]. The fourth-order valence-electron chi connectivity index (χ4n) is 3.30. The average Bonchev–Trinajstić information content (AvgIpc) is 2.97. The highest BCUT2D eigenvalue weighted by molar-refractivity contribution is 6.00. The normalized spacial score (nSPS) is 15.5. The molecule has 130 valence electrons. The predicted molar refractivity (Wildman–Crippen MR) is 84.9 cm³/mol. The fourth-order valence-corrected chi connectivity index (χ4v) is 3.30. The van der Waals surface area contributed by atoms with E-state index in [1.165, 1.54) is 26.9 Å². The third kappa shape index (κ3) is 3.50. The van der Waals surface area contributed by atoms with Gasteiger partial charge in [0.15, 0.2) is 0 Å². The van der Waals surface area contributed by atoms with Crippen molar-refractivity contribution in [2.24, 2.45) is 14.1 Å². The Morgan fingerprint density at radius 1 is 1.17 bits per heavy atom. The molecule has 2 N–H and O–H groups in total. The third-order valence-electron chi connectivity index (χ3n) is 4.85. The van der Waals surface area contributed by atoms with E-state index in [0.29, 0.717) is 10.5 Å².